The van der Waals surface area contributed by atoms with Gasteiger partial charge in [0.2, 0.25) is 10.0 Å². The SMILES string of the molecule is CCN(Cc1ccccc1)S(=O)(=O)c1cc(C(C)C)c(OC)cc1C. The number of hydrogen-bond donors (Lipinski definition) is 0. The van der Waals surface area contributed by atoms with Crippen LogP contribution < -0.4 is 4.74 Å². The summed E-state index contributed by atoms with van der Waals surface area (Å²) in [6.07, 6.45) is 0. The largest absolute Gasteiger partial charge is 0.496 e. The molecule has 0 aliphatic carbocycles. The number of methoxy groups -OCH3 is 1. The van der Waals surface area contributed by atoms with Crippen LogP contribution in [0.15, 0.2) is 47.4 Å². The Labute approximate surface area is 151 Å². The average molecular weight is 362 g/mol. The van der Waals surface area contributed by atoms with E-state index in [2.05, 4.69) is 0 Å². The third-order valence-electron chi connectivity index (χ3n) is 4.32. The smallest absolute Gasteiger partial charge is 0.243 e. The molecule has 0 unspecified atom stereocenters. The fraction of sp³-hybridized carbons (Fsp3) is 0.400. The quantitative estimate of drug-likeness (QED) is 0.737. The Kier molecular flexibility index (Phi) is 6.25. The summed E-state index contributed by atoms with van der Waals surface area (Å²) < 4.78 is 33.4. The van der Waals surface area contributed by atoms with Crippen LogP contribution >= 0.6 is 0 Å². The lowest BCUT2D eigenvalue weighted by Gasteiger charge is -2.23. The first-order valence-electron chi connectivity index (χ1n) is 8.53. The standard InChI is InChI=1S/C20H27NO3S/c1-6-21(14-17-10-8-7-9-11-17)25(22,23)20-13-18(15(2)3)19(24-5)12-16(20)4/h7-13,15H,6,14H2,1-5H3. The van der Waals surface area contributed by atoms with E-state index in [0.717, 1.165) is 16.9 Å². The third-order valence-corrected chi connectivity index (χ3v) is 6.38. The highest BCUT2D eigenvalue weighted by atomic mass is 32.2. The fourth-order valence-corrected chi connectivity index (χ4v) is 4.55. The van der Waals surface area contributed by atoms with E-state index in [1.165, 1.54) is 4.31 Å². The molecule has 5 heteroatoms. The zero-order valence-electron chi connectivity index (χ0n) is 15.6. The van der Waals surface area contributed by atoms with Gasteiger partial charge in [0.25, 0.3) is 0 Å². The topological polar surface area (TPSA) is 46.6 Å². The van der Waals surface area contributed by atoms with Gasteiger partial charge < -0.3 is 4.74 Å². The second-order valence-corrected chi connectivity index (χ2v) is 8.34. The van der Waals surface area contributed by atoms with Gasteiger partial charge in [0.1, 0.15) is 5.75 Å². The second-order valence-electron chi connectivity index (χ2n) is 6.43. The lowest BCUT2D eigenvalue weighted by molar-refractivity contribution is 0.405. The molecule has 0 heterocycles. The predicted octanol–water partition coefficient (Wildman–Crippen LogP) is 4.34. The molecule has 2 aromatic carbocycles. The van der Waals surface area contributed by atoms with Gasteiger partial charge in [-0.2, -0.15) is 4.31 Å². The highest BCUT2D eigenvalue weighted by Gasteiger charge is 2.27. The van der Waals surface area contributed by atoms with Crippen LogP contribution in [0.4, 0.5) is 0 Å². The molecular formula is C20H27NO3S. The lowest BCUT2D eigenvalue weighted by atomic mass is 10.0. The minimum Gasteiger partial charge on any atom is -0.496 e. The van der Waals surface area contributed by atoms with E-state index in [4.69, 9.17) is 4.74 Å². The van der Waals surface area contributed by atoms with Gasteiger partial charge in [0, 0.05) is 13.1 Å². The van der Waals surface area contributed by atoms with Gasteiger partial charge in [0.15, 0.2) is 0 Å². The molecule has 0 aromatic heterocycles. The van der Waals surface area contributed by atoms with Crippen LogP contribution in [0, 0.1) is 6.92 Å². The fourth-order valence-electron chi connectivity index (χ4n) is 2.88. The van der Waals surface area contributed by atoms with Crippen molar-refractivity contribution in [1.82, 2.24) is 4.31 Å². The van der Waals surface area contributed by atoms with Crippen LogP contribution in [-0.2, 0) is 16.6 Å². The van der Waals surface area contributed by atoms with Crippen molar-refractivity contribution in [1.29, 1.82) is 0 Å². The van der Waals surface area contributed by atoms with Crippen molar-refractivity contribution in [3.05, 3.63) is 59.2 Å². The molecule has 0 N–H and O–H groups in total. The molecule has 0 saturated heterocycles. The Bertz CT molecular complexity index is 814. The molecule has 136 valence electrons. The van der Waals surface area contributed by atoms with Crippen molar-refractivity contribution < 1.29 is 13.2 Å². The Balaban J connectivity index is 2.48. The Hall–Kier alpha value is -1.85. The maximum absolute atomic E-state index is 13.2. The zero-order valence-corrected chi connectivity index (χ0v) is 16.4. The minimum absolute atomic E-state index is 0.175. The monoisotopic (exact) mass is 361 g/mol. The molecule has 2 rings (SSSR count). The van der Waals surface area contributed by atoms with E-state index in [1.54, 1.807) is 13.2 Å². The molecular weight excluding hydrogens is 334 g/mol. The van der Waals surface area contributed by atoms with Crippen LogP contribution in [0.3, 0.4) is 0 Å². The second kappa shape index (κ2) is 8.02. The molecule has 0 amide bonds. The van der Waals surface area contributed by atoms with Crippen molar-refractivity contribution in [2.75, 3.05) is 13.7 Å². The molecule has 0 bridgehead atoms. The van der Waals surface area contributed by atoms with Crippen LogP contribution in [0.5, 0.6) is 5.75 Å². The molecule has 0 saturated carbocycles. The van der Waals surface area contributed by atoms with Gasteiger partial charge in [-0.05, 0) is 41.7 Å². The first-order chi connectivity index (χ1) is 11.8. The van der Waals surface area contributed by atoms with Crippen LogP contribution in [0.2, 0.25) is 0 Å². The van der Waals surface area contributed by atoms with Crippen molar-refractivity contribution in [3.63, 3.8) is 0 Å². The van der Waals surface area contributed by atoms with E-state index < -0.39 is 10.0 Å². The predicted molar refractivity (Wildman–Crippen MR) is 102 cm³/mol. The molecule has 0 radical (unpaired) electrons. The number of nitrogens with zero attached hydrogens (tertiary/aromatic N) is 1. The van der Waals surface area contributed by atoms with Gasteiger partial charge in [0.05, 0.1) is 12.0 Å². The van der Waals surface area contributed by atoms with Crippen molar-refractivity contribution in [3.8, 4) is 5.75 Å². The van der Waals surface area contributed by atoms with E-state index >= 15 is 0 Å². The lowest BCUT2D eigenvalue weighted by Crippen LogP contribution is -2.31. The van der Waals surface area contributed by atoms with Crippen molar-refractivity contribution >= 4 is 10.0 Å². The van der Waals surface area contributed by atoms with E-state index in [1.807, 2.05) is 64.1 Å². The van der Waals surface area contributed by atoms with Gasteiger partial charge in [-0.3, -0.25) is 0 Å². The summed E-state index contributed by atoms with van der Waals surface area (Å²) in [5.74, 6) is 0.909. The van der Waals surface area contributed by atoms with Gasteiger partial charge in [-0.1, -0.05) is 51.1 Å². The number of sulfonamides is 1. The minimum atomic E-state index is -3.58. The molecule has 0 aliphatic heterocycles. The Morgan fingerprint density at radius 1 is 1.12 bits per heavy atom. The first-order valence-corrected chi connectivity index (χ1v) is 9.97. The summed E-state index contributed by atoms with van der Waals surface area (Å²) >= 11 is 0. The van der Waals surface area contributed by atoms with Crippen LogP contribution in [0.1, 0.15) is 43.4 Å². The summed E-state index contributed by atoms with van der Waals surface area (Å²) in [6, 6.07) is 13.2. The molecule has 4 nitrogen and oxygen atoms in total. The Morgan fingerprint density at radius 3 is 2.28 bits per heavy atom. The highest BCUT2D eigenvalue weighted by molar-refractivity contribution is 7.89. The summed E-state index contributed by atoms with van der Waals surface area (Å²) in [7, 11) is -1.97. The zero-order chi connectivity index (χ0) is 18.6. The molecule has 0 aliphatic rings. The van der Waals surface area contributed by atoms with Gasteiger partial charge in [-0.15, -0.1) is 0 Å². The Morgan fingerprint density at radius 2 is 1.76 bits per heavy atom. The summed E-state index contributed by atoms with van der Waals surface area (Å²) in [5.41, 5.74) is 2.58. The van der Waals surface area contributed by atoms with Crippen molar-refractivity contribution in [2.24, 2.45) is 0 Å². The average Bonchev–Trinajstić information content (AvgIpc) is 2.59. The van der Waals surface area contributed by atoms with Crippen LogP contribution in [-0.4, -0.2) is 26.4 Å². The summed E-state index contributed by atoms with van der Waals surface area (Å²) in [6.45, 7) is 8.52. The first kappa shape index (κ1) is 19.5. The normalized spacial score (nSPS) is 12.0. The number of ether oxygens (including phenoxy) is 1. The highest BCUT2D eigenvalue weighted by Crippen LogP contribution is 2.33. The van der Waals surface area contributed by atoms with Gasteiger partial charge >= 0.3 is 0 Å². The summed E-state index contributed by atoms with van der Waals surface area (Å²) in [5, 5.41) is 0. The van der Waals surface area contributed by atoms with E-state index in [9.17, 15) is 8.42 Å². The van der Waals surface area contributed by atoms with E-state index in [0.29, 0.717) is 23.5 Å². The van der Waals surface area contributed by atoms with E-state index in [-0.39, 0.29) is 5.92 Å². The number of benzene rings is 2. The molecule has 0 atom stereocenters. The molecule has 25 heavy (non-hydrogen) atoms. The maximum Gasteiger partial charge on any atom is 0.243 e. The molecule has 2 aromatic rings. The number of rotatable bonds is 7. The number of aryl methyl sites for hydroxylation is 1. The third kappa shape index (κ3) is 4.22. The van der Waals surface area contributed by atoms with Gasteiger partial charge in [-0.25, -0.2) is 8.42 Å². The maximum atomic E-state index is 13.2. The molecule has 0 spiro atoms. The van der Waals surface area contributed by atoms with Crippen molar-refractivity contribution in [2.45, 2.75) is 45.1 Å². The molecule has 0 fully saturated rings. The number of hydrogen-bond acceptors (Lipinski definition) is 3. The van der Waals surface area contributed by atoms with Crippen LogP contribution in [0.25, 0.3) is 0 Å². The summed E-state index contributed by atoms with van der Waals surface area (Å²) in [4.78, 5) is 0.356.